The fourth-order valence-electron chi connectivity index (χ4n) is 2.85. The smallest absolute Gasteiger partial charge is 0.0543 e. The molecule has 0 aliphatic heterocycles. The standard InChI is InChI=1S/C16H25NO/c1-12-6-7-13(2)15(8-12)11-17-10-14-4-3-5-16(18)9-14/h6-8,14,16-18H,3-5,9-11H2,1-2H3. The van der Waals surface area contributed by atoms with Crippen LogP contribution in [-0.2, 0) is 6.54 Å². The lowest BCUT2D eigenvalue weighted by Crippen LogP contribution is -2.29. The molecule has 1 aliphatic rings. The van der Waals surface area contributed by atoms with Crippen LogP contribution in [0.5, 0.6) is 0 Å². The van der Waals surface area contributed by atoms with Crippen molar-refractivity contribution in [3.63, 3.8) is 0 Å². The minimum atomic E-state index is -0.0637. The summed E-state index contributed by atoms with van der Waals surface area (Å²) in [4.78, 5) is 0. The van der Waals surface area contributed by atoms with Gasteiger partial charge in [-0.25, -0.2) is 0 Å². The first kappa shape index (κ1) is 13.6. The Bertz CT molecular complexity index is 389. The molecule has 2 N–H and O–H groups in total. The van der Waals surface area contributed by atoms with Crippen LogP contribution >= 0.6 is 0 Å². The first-order chi connectivity index (χ1) is 8.65. The number of aliphatic hydroxyl groups is 1. The van der Waals surface area contributed by atoms with Crippen molar-refractivity contribution in [3.05, 3.63) is 34.9 Å². The molecule has 0 aromatic heterocycles. The number of rotatable bonds is 4. The fourth-order valence-corrected chi connectivity index (χ4v) is 2.85. The number of hydrogen-bond acceptors (Lipinski definition) is 2. The lowest BCUT2D eigenvalue weighted by Gasteiger charge is -2.26. The Kier molecular flexibility index (Phi) is 4.79. The summed E-state index contributed by atoms with van der Waals surface area (Å²) in [5, 5.41) is 13.2. The van der Waals surface area contributed by atoms with Gasteiger partial charge >= 0.3 is 0 Å². The van der Waals surface area contributed by atoms with Gasteiger partial charge in [0.25, 0.3) is 0 Å². The molecule has 2 atom stereocenters. The quantitative estimate of drug-likeness (QED) is 0.857. The molecule has 2 heteroatoms. The molecule has 0 radical (unpaired) electrons. The van der Waals surface area contributed by atoms with Crippen LogP contribution in [0.3, 0.4) is 0 Å². The summed E-state index contributed by atoms with van der Waals surface area (Å²) in [7, 11) is 0. The monoisotopic (exact) mass is 247 g/mol. The van der Waals surface area contributed by atoms with Gasteiger partial charge < -0.3 is 10.4 Å². The second-order valence-corrected chi connectivity index (χ2v) is 5.75. The normalized spacial score (nSPS) is 24.2. The number of benzene rings is 1. The highest BCUT2D eigenvalue weighted by atomic mass is 16.3. The van der Waals surface area contributed by atoms with Crippen LogP contribution in [0.1, 0.15) is 42.4 Å². The molecule has 1 fully saturated rings. The maximum Gasteiger partial charge on any atom is 0.0543 e. The SMILES string of the molecule is Cc1ccc(C)c(CNCC2CCCC(O)C2)c1. The first-order valence-corrected chi connectivity index (χ1v) is 7.10. The van der Waals surface area contributed by atoms with Crippen molar-refractivity contribution in [2.45, 2.75) is 52.2 Å². The lowest BCUT2D eigenvalue weighted by molar-refractivity contribution is 0.101. The average Bonchev–Trinajstić information content (AvgIpc) is 2.34. The van der Waals surface area contributed by atoms with Crippen molar-refractivity contribution in [1.29, 1.82) is 0 Å². The molecule has 1 aliphatic carbocycles. The van der Waals surface area contributed by atoms with Gasteiger partial charge in [-0.3, -0.25) is 0 Å². The Morgan fingerprint density at radius 3 is 2.89 bits per heavy atom. The number of aliphatic hydroxyl groups excluding tert-OH is 1. The van der Waals surface area contributed by atoms with Gasteiger partial charge in [-0.1, -0.05) is 30.2 Å². The molecule has 2 rings (SSSR count). The zero-order chi connectivity index (χ0) is 13.0. The molecule has 0 amide bonds. The van der Waals surface area contributed by atoms with E-state index >= 15 is 0 Å². The van der Waals surface area contributed by atoms with Crippen LogP contribution in [0, 0.1) is 19.8 Å². The number of aryl methyl sites for hydroxylation is 2. The summed E-state index contributed by atoms with van der Waals surface area (Å²) >= 11 is 0. The molecule has 0 saturated heterocycles. The van der Waals surface area contributed by atoms with Crippen molar-refractivity contribution >= 4 is 0 Å². The Labute approximate surface area is 110 Å². The van der Waals surface area contributed by atoms with E-state index in [-0.39, 0.29) is 6.10 Å². The van der Waals surface area contributed by atoms with Crippen molar-refractivity contribution in [1.82, 2.24) is 5.32 Å². The van der Waals surface area contributed by atoms with Gasteiger partial charge in [-0.05, 0) is 56.7 Å². The van der Waals surface area contributed by atoms with Gasteiger partial charge in [-0.15, -0.1) is 0 Å². The van der Waals surface area contributed by atoms with Crippen LogP contribution in [-0.4, -0.2) is 17.8 Å². The van der Waals surface area contributed by atoms with Gasteiger partial charge in [-0.2, -0.15) is 0 Å². The van der Waals surface area contributed by atoms with Crippen LogP contribution < -0.4 is 5.32 Å². The van der Waals surface area contributed by atoms with E-state index in [4.69, 9.17) is 0 Å². The Balaban J connectivity index is 1.79. The van der Waals surface area contributed by atoms with Crippen LogP contribution in [0.4, 0.5) is 0 Å². The minimum absolute atomic E-state index is 0.0637. The third-order valence-corrected chi connectivity index (χ3v) is 4.01. The summed E-state index contributed by atoms with van der Waals surface area (Å²) < 4.78 is 0. The van der Waals surface area contributed by atoms with Gasteiger partial charge in [0.1, 0.15) is 0 Å². The van der Waals surface area contributed by atoms with E-state index in [0.29, 0.717) is 5.92 Å². The third kappa shape index (κ3) is 3.82. The molecule has 2 unspecified atom stereocenters. The molecule has 1 saturated carbocycles. The van der Waals surface area contributed by atoms with Gasteiger partial charge in [0.15, 0.2) is 0 Å². The fraction of sp³-hybridized carbons (Fsp3) is 0.625. The minimum Gasteiger partial charge on any atom is -0.393 e. The molecule has 1 aromatic rings. The maximum absolute atomic E-state index is 9.65. The Hall–Kier alpha value is -0.860. The van der Waals surface area contributed by atoms with Crippen molar-refractivity contribution in [2.75, 3.05) is 6.54 Å². The maximum atomic E-state index is 9.65. The highest BCUT2D eigenvalue weighted by molar-refractivity contribution is 5.30. The van der Waals surface area contributed by atoms with E-state index in [2.05, 4.69) is 37.4 Å². The van der Waals surface area contributed by atoms with Gasteiger partial charge in [0.2, 0.25) is 0 Å². The first-order valence-electron chi connectivity index (χ1n) is 7.10. The number of nitrogens with one attached hydrogen (secondary N) is 1. The van der Waals surface area contributed by atoms with E-state index in [1.807, 2.05) is 0 Å². The number of hydrogen-bond donors (Lipinski definition) is 2. The van der Waals surface area contributed by atoms with Crippen molar-refractivity contribution < 1.29 is 5.11 Å². The molecule has 100 valence electrons. The second-order valence-electron chi connectivity index (χ2n) is 5.75. The van der Waals surface area contributed by atoms with E-state index in [0.717, 1.165) is 25.9 Å². The second kappa shape index (κ2) is 6.35. The van der Waals surface area contributed by atoms with E-state index in [9.17, 15) is 5.11 Å². The van der Waals surface area contributed by atoms with Crippen molar-refractivity contribution in [2.24, 2.45) is 5.92 Å². The van der Waals surface area contributed by atoms with E-state index < -0.39 is 0 Å². The third-order valence-electron chi connectivity index (χ3n) is 4.01. The van der Waals surface area contributed by atoms with E-state index in [1.165, 1.54) is 29.5 Å². The summed E-state index contributed by atoms with van der Waals surface area (Å²) in [6, 6.07) is 6.62. The summed E-state index contributed by atoms with van der Waals surface area (Å²) in [5.74, 6) is 0.652. The molecular formula is C16H25NO. The largest absolute Gasteiger partial charge is 0.393 e. The molecular weight excluding hydrogens is 222 g/mol. The van der Waals surface area contributed by atoms with Crippen LogP contribution in [0.2, 0.25) is 0 Å². The molecule has 0 heterocycles. The predicted octanol–water partition coefficient (Wildman–Crippen LogP) is 2.94. The molecule has 1 aromatic carbocycles. The van der Waals surface area contributed by atoms with Crippen molar-refractivity contribution in [3.8, 4) is 0 Å². The zero-order valence-electron chi connectivity index (χ0n) is 11.6. The average molecular weight is 247 g/mol. The predicted molar refractivity (Wildman–Crippen MR) is 75.6 cm³/mol. The zero-order valence-corrected chi connectivity index (χ0v) is 11.6. The molecule has 0 bridgehead atoms. The Morgan fingerprint density at radius 1 is 1.28 bits per heavy atom. The van der Waals surface area contributed by atoms with Crippen LogP contribution in [0.25, 0.3) is 0 Å². The molecule has 18 heavy (non-hydrogen) atoms. The van der Waals surface area contributed by atoms with Gasteiger partial charge in [0.05, 0.1) is 6.10 Å². The Morgan fingerprint density at radius 2 is 2.11 bits per heavy atom. The lowest BCUT2D eigenvalue weighted by atomic mass is 9.87. The summed E-state index contributed by atoms with van der Waals surface area (Å²) in [6.07, 6.45) is 4.34. The molecule has 2 nitrogen and oxygen atoms in total. The van der Waals surface area contributed by atoms with E-state index in [1.54, 1.807) is 0 Å². The van der Waals surface area contributed by atoms with Gasteiger partial charge in [0, 0.05) is 6.54 Å². The summed E-state index contributed by atoms with van der Waals surface area (Å²) in [6.45, 7) is 6.28. The topological polar surface area (TPSA) is 32.3 Å². The highest BCUT2D eigenvalue weighted by Gasteiger charge is 2.19. The molecule has 0 spiro atoms. The highest BCUT2D eigenvalue weighted by Crippen LogP contribution is 2.23. The van der Waals surface area contributed by atoms with Crippen LogP contribution in [0.15, 0.2) is 18.2 Å². The summed E-state index contributed by atoms with van der Waals surface area (Å²) in [5.41, 5.74) is 4.08.